The van der Waals surface area contributed by atoms with E-state index in [1.54, 1.807) is 0 Å². The molecule has 0 aromatic heterocycles. The highest BCUT2D eigenvalue weighted by Gasteiger charge is 2.30. The van der Waals surface area contributed by atoms with Gasteiger partial charge >= 0.3 is 5.97 Å². The van der Waals surface area contributed by atoms with Gasteiger partial charge in [0.2, 0.25) is 11.7 Å². The number of carbonyl (C=O) groups is 2. The van der Waals surface area contributed by atoms with Gasteiger partial charge in [-0.05, 0) is 12.3 Å². The van der Waals surface area contributed by atoms with Crippen molar-refractivity contribution in [1.29, 1.82) is 0 Å². The van der Waals surface area contributed by atoms with E-state index in [1.807, 2.05) is 0 Å². The average molecular weight is 408 g/mol. The van der Waals surface area contributed by atoms with Gasteiger partial charge in [0, 0.05) is 12.0 Å². The molecule has 0 unspecified atom stereocenters. The van der Waals surface area contributed by atoms with E-state index in [2.05, 4.69) is 5.32 Å². The number of rotatable bonds is 7. The monoisotopic (exact) mass is 408 g/mol. The second-order valence-corrected chi connectivity index (χ2v) is 7.00. The third-order valence-electron chi connectivity index (χ3n) is 4.97. The Bertz CT molecular complexity index is 724. The number of benzene rings is 1. The van der Waals surface area contributed by atoms with E-state index in [1.165, 1.54) is 0 Å². The van der Waals surface area contributed by atoms with E-state index in [0.717, 1.165) is 32.1 Å². The molecule has 10 heteroatoms. The molecule has 0 aliphatic heterocycles. The summed E-state index contributed by atoms with van der Waals surface area (Å²) < 4.78 is 67.0. The number of aliphatic carboxylic acids is 1. The van der Waals surface area contributed by atoms with E-state index in [9.17, 15) is 36.6 Å². The van der Waals surface area contributed by atoms with Crippen LogP contribution < -0.4 is 11.1 Å². The van der Waals surface area contributed by atoms with E-state index >= 15 is 0 Å². The van der Waals surface area contributed by atoms with E-state index in [-0.39, 0.29) is 12.3 Å². The fourth-order valence-corrected chi connectivity index (χ4v) is 3.40. The summed E-state index contributed by atoms with van der Waals surface area (Å²) in [7, 11) is 0. The van der Waals surface area contributed by atoms with Gasteiger partial charge < -0.3 is 16.2 Å². The largest absolute Gasteiger partial charge is 0.480 e. The van der Waals surface area contributed by atoms with Crippen LogP contribution in [0, 0.1) is 35.0 Å². The van der Waals surface area contributed by atoms with Gasteiger partial charge in [-0.25, -0.2) is 26.7 Å². The molecule has 1 fully saturated rings. The highest BCUT2D eigenvalue weighted by molar-refractivity contribution is 5.87. The highest BCUT2D eigenvalue weighted by atomic mass is 19.2. The summed E-state index contributed by atoms with van der Waals surface area (Å²) in [6.07, 6.45) is 3.85. The molecule has 1 aliphatic rings. The Hall–Kier alpha value is -2.23. The predicted octanol–water partition coefficient (Wildman–Crippen LogP) is 2.79. The first-order chi connectivity index (χ1) is 13.1. The number of carboxylic acids is 1. The third kappa shape index (κ3) is 4.98. The van der Waals surface area contributed by atoms with Crippen molar-refractivity contribution in [3.8, 4) is 0 Å². The van der Waals surface area contributed by atoms with Crippen LogP contribution in [-0.2, 0) is 16.0 Å². The SMILES string of the molecule is N[C@H](Cc1c(F)c(F)c(F)c(F)c1F)C(=O)N[C@H](CC1CCCCC1)C(=O)O. The van der Waals surface area contributed by atoms with Crippen molar-refractivity contribution in [3.63, 3.8) is 0 Å². The Morgan fingerprint density at radius 1 is 0.964 bits per heavy atom. The van der Waals surface area contributed by atoms with Gasteiger partial charge in [-0.1, -0.05) is 32.1 Å². The molecule has 0 saturated heterocycles. The molecule has 156 valence electrons. The molecule has 1 aromatic carbocycles. The molecule has 0 bridgehead atoms. The second-order valence-electron chi connectivity index (χ2n) is 7.00. The summed E-state index contributed by atoms with van der Waals surface area (Å²) in [5.74, 6) is -13.0. The smallest absolute Gasteiger partial charge is 0.326 e. The van der Waals surface area contributed by atoms with Gasteiger partial charge in [-0.3, -0.25) is 4.79 Å². The number of nitrogens with one attached hydrogen (secondary N) is 1. The minimum atomic E-state index is -2.31. The Balaban J connectivity index is 2.08. The van der Waals surface area contributed by atoms with Crippen LogP contribution in [0.1, 0.15) is 44.1 Å². The first kappa shape index (κ1) is 22.1. The second kappa shape index (κ2) is 9.31. The number of halogens is 5. The molecule has 1 aromatic rings. The first-order valence-corrected chi connectivity index (χ1v) is 8.92. The zero-order chi connectivity index (χ0) is 21.0. The lowest BCUT2D eigenvalue weighted by Gasteiger charge is -2.25. The number of hydrogen-bond donors (Lipinski definition) is 3. The number of carbonyl (C=O) groups excluding carboxylic acids is 1. The van der Waals surface area contributed by atoms with Crippen molar-refractivity contribution in [2.75, 3.05) is 0 Å². The zero-order valence-electron chi connectivity index (χ0n) is 14.9. The molecule has 0 heterocycles. The topological polar surface area (TPSA) is 92.4 Å². The van der Waals surface area contributed by atoms with Gasteiger partial charge in [0.25, 0.3) is 0 Å². The molecule has 2 rings (SSSR count). The summed E-state index contributed by atoms with van der Waals surface area (Å²) in [5, 5.41) is 11.5. The quantitative estimate of drug-likeness (QED) is 0.368. The lowest BCUT2D eigenvalue weighted by atomic mass is 9.84. The van der Waals surface area contributed by atoms with Crippen LogP contribution in [0.15, 0.2) is 0 Å². The fraction of sp³-hybridized carbons (Fsp3) is 0.556. The van der Waals surface area contributed by atoms with Crippen LogP contribution in [-0.4, -0.2) is 29.1 Å². The molecule has 1 amide bonds. The maximum atomic E-state index is 13.7. The average Bonchev–Trinajstić information content (AvgIpc) is 2.68. The molecule has 0 radical (unpaired) electrons. The molecule has 5 nitrogen and oxygen atoms in total. The number of nitrogens with two attached hydrogens (primary N) is 1. The summed E-state index contributed by atoms with van der Waals surface area (Å²) in [6.45, 7) is 0. The van der Waals surface area contributed by atoms with E-state index in [0.29, 0.717) is 0 Å². The Kier molecular flexibility index (Phi) is 7.34. The number of amides is 1. The minimum absolute atomic E-state index is 0.113. The van der Waals surface area contributed by atoms with Gasteiger partial charge in [-0.2, -0.15) is 0 Å². The van der Waals surface area contributed by atoms with Crippen LogP contribution >= 0.6 is 0 Å². The predicted molar refractivity (Wildman–Crippen MR) is 88.7 cm³/mol. The maximum absolute atomic E-state index is 13.7. The Morgan fingerprint density at radius 2 is 1.46 bits per heavy atom. The normalized spacial score (nSPS) is 17.2. The van der Waals surface area contributed by atoms with Crippen LogP contribution in [0.5, 0.6) is 0 Å². The van der Waals surface area contributed by atoms with Gasteiger partial charge in [-0.15, -0.1) is 0 Å². The van der Waals surface area contributed by atoms with Gasteiger partial charge in [0.05, 0.1) is 6.04 Å². The minimum Gasteiger partial charge on any atom is -0.480 e. The molecule has 0 spiro atoms. The summed E-state index contributed by atoms with van der Waals surface area (Å²) in [4.78, 5) is 23.6. The maximum Gasteiger partial charge on any atom is 0.326 e. The molecule has 2 atom stereocenters. The standard InChI is InChI=1S/C18H21F5N2O3/c19-12-9(13(20)15(22)16(23)14(12)21)7-10(24)17(26)25-11(18(27)28)6-8-4-2-1-3-5-8/h8,10-11H,1-7,24H2,(H,25,26)(H,27,28)/t10-,11-/m1/s1. The summed E-state index contributed by atoms with van der Waals surface area (Å²) in [6, 6.07) is -2.94. The molecule has 1 aliphatic carbocycles. The molecular formula is C18H21F5N2O3. The lowest BCUT2D eigenvalue weighted by molar-refractivity contribution is -0.142. The van der Waals surface area contributed by atoms with Gasteiger partial charge in [0.1, 0.15) is 6.04 Å². The van der Waals surface area contributed by atoms with Crippen molar-refractivity contribution in [2.45, 2.75) is 57.0 Å². The van der Waals surface area contributed by atoms with E-state index in [4.69, 9.17) is 5.73 Å². The molecular weight excluding hydrogens is 387 g/mol. The van der Waals surface area contributed by atoms with Crippen molar-refractivity contribution < 1.29 is 36.6 Å². The summed E-state index contributed by atoms with van der Waals surface area (Å²) >= 11 is 0. The lowest BCUT2D eigenvalue weighted by Crippen LogP contribution is -2.50. The summed E-state index contributed by atoms with van der Waals surface area (Å²) in [5.41, 5.74) is 4.31. The fourth-order valence-electron chi connectivity index (χ4n) is 3.40. The number of hydrogen-bond acceptors (Lipinski definition) is 3. The van der Waals surface area contributed by atoms with Crippen LogP contribution in [0.2, 0.25) is 0 Å². The number of carboxylic acid groups (broad SMARTS) is 1. The van der Waals surface area contributed by atoms with Crippen molar-refractivity contribution >= 4 is 11.9 Å². The Morgan fingerprint density at radius 3 is 1.96 bits per heavy atom. The highest BCUT2D eigenvalue weighted by Crippen LogP contribution is 2.27. The van der Waals surface area contributed by atoms with Crippen LogP contribution in [0.4, 0.5) is 22.0 Å². The molecule has 1 saturated carbocycles. The zero-order valence-corrected chi connectivity index (χ0v) is 14.9. The van der Waals surface area contributed by atoms with Crippen molar-refractivity contribution in [1.82, 2.24) is 5.32 Å². The van der Waals surface area contributed by atoms with Crippen molar-refractivity contribution in [2.24, 2.45) is 11.7 Å². The third-order valence-corrected chi connectivity index (χ3v) is 4.97. The van der Waals surface area contributed by atoms with Crippen LogP contribution in [0.3, 0.4) is 0 Å². The van der Waals surface area contributed by atoms with Crippen molar-refractivity contribution in [3.05, 3.63) is 34.6 Å². The molecule has 4 N–H and O–H groups in total. The Labute approximate surface area is 158 Å². The van der Waals surface area contributed by atoms with E-state index < -0.39 is 65.0 Å². The molecule has 28 heavy (non-hydrogen) atoms. The first-order valence-electron chi connectivity index (χ1n) is 8.92. The van der Waals surface area contributed by atoms with Gasteiger partial charge in [0.15, 0.2) is 23.3 Å². The van der Waals surface area contributed by atoms with Crippen LogP contribution in [0.25, 0.3) is 0 Å².